The molecule has 2 unspecified atom stereocenters. The van der Waals surface area contributed by atoms with Gasteiger partial charge in [-0.25, -0.2) is 0 Å². The quantitative estimate of drug-likeness (QED) is 0.726. The van der Waals surface area contributed by atoms with Crippen LogP contribution < -0.4 is 5.73 Å². The number of ether oxygens (including phenoxy) is 1. The van der Waals surface area contributed by atoms with E-state index in [4.69, 9.17) is 15.0 Å². The van der Waals surface area contributed by atoms with Crippen molar-refractivity contribution in [3.8, 4) is 0 Å². The van der Waals surface area contributed by atoms with Crippen LogP contribution >= 0.6 is 0 Å². The molecule has 5 nitrogen and oxygen atoms in total. The first-order chi connectivity index (χ1) is 6.27. The van der Waals surface area contributed by atoms with Gasteiger partial charge in [0.05, 0.1) is 18.6 Å². The lowest BCUT2D eigenvalue weighted by molar-refractivity contribution is 0.189. The second kappa shape index (κ2) is 3.43. The lowest BCUT2D eigenvalue weighted by atomic mass is 10.1. The van der Waals surface area contributed by atoms with Gasteiger partial charge in [-0.1, -0.05) is 5.16 Å². The Morgan fingerprint density at radius 1 is 1.62 bits per heavy atom. The van der Waals surface area contributed by atoms with Crippen LogP contribution in [0.5, 0.6) is 0 Å². The van der Waals surface area contributed by atoms with Crippen molar-refractivity contribution in [1.29, 1.82) is 0 Å². The highest BCUT2D eigenvalue weighted by molar-refractivity contribution is 4.98. The number of hydrogen-bond acceptors (Lipinski definition) is 5. The Morgan fingerprint density at radius 2 is 2.46 bits per heavy atom. The predicted molar refractivity (Wildman–Crippen MR) is 45.1 cm³/mol. The minimum atomic E-state index is -0.167. The lowest BCUT2D eigenvalue weighted by Crippen LogP contribution is -2.07. The fourth-order valence-corrected chi connectivity index (χ4v) is 1.33. The largest absolute Gasteiger partial charge is 0.381 e. The van der Waals surface area contributed by atoms with E-state index >= 15 is 0 Å². The maximum Gasteiger partial charge on any atom is 0.232 e. The van der Waals surface area contributed by atoms with Crippen LogP contribution in [-0.2, 0) is 4.74 Å². The molecule has 0 spiro atoms. The molecule has 1 aromatic rings. The SMILES string of the molecule is CC(N)c1noc(C2CCOC2)n1. The molecule has 0 amide bonds. The van der Waals surface area contributed by atoms with Gasteiger partial charge < -0.3 is 15.0 Å². The second-order valence-corrected chi connectivity index (χ2v) is 3.34. The number of aromatic nitrogens is 2. The molecule has 1 fully saturated rings. The second-order valence-electron chi connectivity index (χ2n) is 3.34. The van der Waals surface area contributed by atoms with Gasteiger partial charge in [0.15, 0.2) is 5.82 Å². The third kappa shape index (κ3) is 1.71. The summed E-state index contributed by atoms with van der Waals surface area (Å²) in [5, 5.41) is 3.79. The molecule has 0 aliphatic carbocycles. The van der Waals surface area contributed by atoms with Crippen LogP contribution in [0.25, 0.3) is 0 Å². The normalized spacial score (nSPS) is 24.9. The number of hydrogen-bond donors (Lipinski definition) is 1. The molecule has 2 N–H and O–H groups in total. The number of nitrogens with two attached hydrogens (primary N) is 1. The van der Waals surface area contributed by atoms with E-state index in [2.05, 4.69) is 10.1 Å². The Kier molecular flexibility index (Phi) is 2.28. The van der Waals surface area contributed by atoms with Gasteiger partial charge in [0.2, 0.25) is 5.89 Å². The van der Waals surface area contributed by atoms with Crippen molar-refractivity contribution >= 4 is 0 Å². The van der Waals surface area contributed by atoms with Crippen LogP contribution in [0.4, 0.5) is 0 Å². The Balaban J connectivity index is 2.12. The molecule has 2 atom stereocenters. The minimum Gasteiger partial charge on any atom is -0.381 e. The fourth-order valence-electron chi connectivity index (χ4n) is 1.33. The Morgan fingerprint density at radius 3 is 3.00 bits per heavy atom. The van der Waals surface area contributed by atoms with Crippen molar-refractivity contribution in [3.05, 3.63) is 11.7 Å². The Labute approximate surface area is 76.3 Å². The minimum absolute atomic E-state index is 0.167. The third-order valence-electron chi connectivity index (χ3n) is 2.14. The molecule has 2 heterocycles. The highest BCUT2D eigenvalue weighted by Gasteiger charge is 2.24. The zero-order chi connectivity index (χ0) is 9.26. The maximum absolute atomic E-state index is 5.61. The fraction of sp³-hybridized carbons (Fsp3) is 0.750. The van der Waals surface area contributed by atoms with Crippen LogP contribution in [0, 0.1) is 0 Å². The number of nitrogens with zero attached hydrogens (tertiary/aromatic N) is 2. The van der Waals surface area contributed by atoms with Crippen molar-refractivity contribution in [1.82, 2.24) is 10.1 Å². The van der Waals surface area contributed by atoms with E-state index in [9.17, 15) is 0 Å². The first kappa shape index (κ1) is 8.65. The molecular formula is C8H13N3O2. The molecule has 0 saturated carbocycles. The summed E-state index contributed by atoms with van der Waals surface area (Å²) in [6.45, 7) is 3.29. The molecule has 0 aromatic carbocycles. The molecule has 1 aromatic heterocycles. The van der Waals surface area contributed by atoms with Gasteiger partial charge in [-0.2, -0.15) is 4.98 Å². The highest BCUT2D eigenvalue weighted by atomic mass is 16.5. The summed E-state index contributed by atoms with van der Waals surface area (Å²) in [6, 6.07) is -0.167. The zero-order valence-electron chi connectivity index (χ0n) is 7.56. The summed E-state index contributed by atoms with van der Waals surface area (Å²) in [5.74, 6) is 1.49. The average Bonchev–Trinajstić information content (AvgIpc) is 2.75. The summed E-state index contributed by atoms with van der Waals surface area (Å²) in [6.07, 6.45) is 0.959. The third-order valence-corrected chi connectivity index (χ3v) is 2.14. The molecule has 5 heteroatoms. The predicted octanol–water partition coefficient (Wildman–Crippen LogP) is 0.593. The van der Waals surface area contributed by atoms with Gasteiger partial charge in [0.25, 0.3) is 0 Å². The molecular weight excluding hydrogens is 170 g/mol. The smallest absolute Gasteiger partial charge is 0.232 e. The van der Waals surface area contributed by atoms with E-state index < -0.39 is 0 Å². The van der Waals surface area contributed by atoms with Gasteiger partial charge in [-0.05, 0) is 13.3 Å². The summed E-state index contributed by atoms with van der Waals surface area (Å²) in [4.78, 5) is 4.21. The average molecular weight is 183 g/mol. The first-order valence-corrected chi connectivity index (χ1v) is 4.44. The maximum atomic E-state index is 5.61. The van der Waals surface area contributed by atoms with E-state index in [1.54, 1.807) is 0 Å². The first-order valence-electron chi connectivity index (χ1n) is 4.44. The number of rotatable bonds is 2. The standard InChI is InChI=1S/C8H13N3O2/c1-5(9)7-10-8(13-11-7)6-2-3-12-4-6/h5-6H,2-4,9H2,1H3. The molecule has 0 radical (unpaired) electrons. The Hall–Kier alpha value is -0.940. The van der Waals surface area contributed by atoms with Crippen LogP contribution in [0.2, 0.25) is 0 Å². The van der Waals surface area contributed by atoms with Gasteiger partial charge in [0, 0.05) is 6.61 Å². The van der Waals surface area contributed by atoms with E-state index in [-0.39, 0.29) is 12.0 Å². The zero-order valence-corrected chi connectivity index (χ0v) is 7.56. The highest BCUT2D eigenvalue weighted by Crippen LogP contribution is 2.23. The summed E-state index contributed by atoms with van der Waals surface area (Å²) >= 11 is 0. The lowest BCUT2D eigenvalue weighted by Gasteiger charge is -1.98. The summed E-state index contributed by atoms with van der Waals surface area (Å²) in [7, 11) is 0. The molecule has 1 saturated heterocycles. The summed E-state index contributed by atoms with van der Waals surface area (Å²) in [5.41, 5.74) is 5.61. The van der Waals surface area contributed by atoms with Crippen molar-refractivity contribution in [2.45, 2.75) is 25.3 Å². The van der Waals surface area contributed by atoms with E-state index in [0.717, 1.165) is 13.0 Å². The van der Waals surface area contributed by atoms with Gasteiger partial charge >= 0.3 is 0 Å². The van der Waals surface area contributed by atoms with Gasteiger partial charge in [-0.15, -0.1) is 0 Å². The van der Waals surface area contributed by atoms with Crippen LogP contribution in [0.15, 0.2) is 4.52 Å². The molecule has 1 aliphatic rings. The molecule has 72 valence electrons. The van der Waals surface area contributed by atoms with Crippen molar-refractivity contribution in [3.63, 3.8) is 0 Å². The molecule has 0 bridgehead atoms. The molecule has 13 heavy (non-hydrogen) atoms. The van der Waals surface area contributed by atoms with Gasteiger partial charge in [-0.3, -0.25) is 0 Å². The van der Waals surface area contributed by atoms with Crippen molar-refractivity contribution in [2.75, 3.05) is 13.2 Å². The Bertz CT molecular complexity index is 279. The molecule has 1 aliphatic heterocycles. The molecule has 2 rings (SSSR count). The van der Waals surface area contributed by atoms with Crippen LogP contribution in [-0.4, -0.2) is 23.4 Å². The van der Waals surface area contributed by atoms with E-state index in [0.29, 0.717) is 18.3 Å². The van der Waals surface area contributed by atoms with Crippen molar-refractivity contribution < 1.29 is 9.26 Å². The van der Waals surface area contributed by atoms with Crippen LogP contribution in [0.3, 0.4) is 0 Å². The van der Waals surface area contributed by atoms with Gasteiger partial charge in [0.1, 0.15) is 0 Å². The van der Waals surface area contributed by atoms with E-state index in [1.807, 2.05) is 6.92 Å². The van der Waals surface area contributed by atoms with E-state index in [1.165, 1.54) is 0 Å². The van der Waals surface area contributed by atoms with Crippen molar-refractivity contribution in [2.24, 2.45) is 5.73 Å². The van der Waals surface area contributed by atoms with Crippen LogP contribution in [0.1, 0.15) is 37.0 Å². The summed E-state index contributed by atoms with van der Waals surface area (Å²) < 4.78 is 10.3. The topological polar surface area (TPSA) is 74.2 Å². The monoisotopic (exact) mass is 183 g/mol.